The highest BCUT2D eigenvalue weighted by molar-refractivity contribution is 5.83. The summed E-state index contributed by atoms with van der Waals surface area (Å²) >= 11 is 0. The number of carbonyl (C=O) groups is 1. The Hall–Kier alpha value is -0.610. The Bertz CT molecular complexity index is 269. The molecular weight excluding hydrogens is 214 g/mol. The van der Waals surface area contributed by atoms with Gasteiger partial charge in [-0.15, -0.1) is 0 Å². The van der Waals surface area contributed by atoms with Crippen LogP contribution in [0.3, 0.4) is 0 Å². The number of rotatable bonds is 5. The Labute approximate surface area is 104 Å². The van der Waals surface area contributed by atoms with Gasteiger partial charge in [0.25, 0.3) is 0 Å². The van der Waals surface area contributed by atoms with E-state index < -0.39 is 0 Å². The molecule has 2 saturated heterocycles. The van der Waals surface area contributed by atoms with E-state index in [0.717, 1.165) is 39.0 Å². The zero-order valence-corrected chi connectivity index (χ0v) is 11.1. The number of nitrogens with one attached hydrogen (secondary N) is 1. The van der Waals surface area contributed by atoms with Gasteiger partial charge >= 0.3 is 0 Å². The molecule has 2 atom stereocenters. The van der Waals surface area contributed by atoms with Crippen LogP contribution in [0.2, 0.25) is 0 Å². The van der Waals surface area contributed by atoms with Gasteiger partial charge in [0.05, 0.1) is 6.04 Å². The van der Waals surface area contributed by atoms with Crippen LogP contribution in [0.25, 0.3) is 0 Å². The fraction of sp³-hybridized carbons (Fsp3) is 0.923. The molecule has 0 aromatic carbocycles. The number of carbonyl (C=O) groups excluding carboxylic acids is 1. The predicted molar refractivity (Wildman–Crippen MR) is 68.9 cm³/mol. The van der Waals surface area contributed by atoms with Gasteiger partial charge in [-0.05, 0) is 45.3 Å². The predicted octanol–water partition coefficient (Wildman–Crippen LogP) is 0.539. The Kier molecular flexibility index (Phi) is 4.40. The highest BCUT2D eigenvalue weighted by atomic mass is 16.2. The maximum Gasteiger partial charge on any atom is 0.239 e. The second-order valence-electron chi connectivity index (χ2n) is 5.50. The molecule has 17 heavy (non-hydrogen) atoms. The molecule has 0 spiro atoms. The van der Waals surface area contributed by atoms with Crippen molar-refractivity contribution in [2.24, 2.45) is 5.92 Å². The van der Waals surface area contributed by atoms with E-state index in [1.165, 1.54) is 13.0 Å². The molecule has 4 nitrogen and oxygen atoms in total. The van der Waals surface area contributed by atoms with Crippen molar-refractivity contribution in [1.29, 1.82) is 0 Å². The molecule has 2 fully saturated rings. The molecule has 1 amide bonds. The van der Waals surface area contributed by atoms with E-state index in [4.69, 9.17) is 0 Å². The minimum absolute atomic E-state index is 0.0917. The highest BCUT2D eigenvalue weighted by Crippen LogP contribution is 2.19. The first-order chi connectivity index (χ1) is 8.20. The molecule has 2 heterocycles. The molecule has 2 rings (SSSR count). The fourth-order valence-electron chi connectivity index (χ4n) is 2.92. The largest absolute Gasteiger partial charge is 0.341 e. The molecule has 2 aliphatic heterocycles. The van der Waals surface area contributed by atoms with Crippen molar-refractivity contribution in [3.8, 4) is 0 Å². The van der Waals surface area contributed by atoms with Gasteiger partial charge in [0.1, 0.15) is 0 Å². The lowest BCUT2D eigenvalue weighted by atomic mass is 10.1. The number of hydrogen-bond donors (Lipinski definition) is 1. The van der Waals surface area contributed by atoms with E-state index in [1.54, 1.807) is 0 Å². The minimum atomic E-state index is 0.0917. The van der Waals surface area contributed by atoms with Crippen LogP contribution in [0.1, 0.15) is 26.2 Å². The lowest BCUT2D eigenvalue weighted by Gasteiger charge is -2.21. The highest BCUT2D eigenvalue weighted by Gasteiger charge is 2.33. The average molecular weight is 239 g/mol. The van der Waals surface area contributed by atoms with Crippen molar-refractivity contribution >= 4 is 5.91 Å². The van der Waals surface area contributed by atoms with Gasteiger partial charge in [0.15, 0.2) is 0 Å². The Morgan fingerprint density at radius 3 is 2.82 bits per heavy atom. The number of amides is 1. The van der Waals surface area contributed by atoms with E-state index in [0.29, 0.717) is 11.8 Å². The van der Waals surface area contributed by atoms with E-state index in [1.807, 2.05) is 0 Å². The number of nitrogens with zero attached hydrogens (tertiary/aromatic N) is 2. The first-order valence-corrected chi connectivity index (χ1v) is 6.91. The van der Waals surface area contributed by atoms with Crippen LogP contribution in [0.15, 0.2) is 0 Å². The molecule has 1 N–H and O–H groups in total. The molecule has 2 unspecified atom stereocenters. The van der Waals surface area contributed by atoms with Gasteiger partial charge < -0.3 is 15.1 Å². The third-order valence-corrected chi connectivity index (χ3v) is 3.91. The number of hydrogen-bond acceptors (Lipinski definition) is 3. The van der Waals surface area contributed by atoms with Crippen LogP contribution in [0.5, 0.6) is 0 Å². The van der Waals surface area contributed by atoms with Gasteiger partial charge in [-0.25, -0.2) is 0 Å². The van der Waals surface area contributed by atoms with Crippen molar-refractivity contribution in [2.75, 3.05) is 39.8 Å². The van der Waals surface area contributed by atoms with Gasteiger partial charge in [-0.3, -0.25) is 4.79 Å². The lowest BCUT2D eigenvalue weighted by Crippen LogP contribution is -2.40. The quantitative estimate of drug-likeness (QED) is 0.760. The van der Waals surface area contributed by atoms with Crippen molar-refractivity contribution in [2.45, 2.75) is 32.2 Å². The van der Waals surface area contributed by atoms with Crippen molar-refractivity contribution in [3.05, 3.63) is 0 Å². The monoisotopic (exact) mass is 239 g/mol. The van der Waals surface area contributed by atoms with E-state index >= 15 is 0 Å². The van der Waals surface area contributed by atoms with Crippen LogP contribution in [0, 0.1) is 5.92 Å². The standard InChI is InChI=1S/C13H25N3O/c1-3-6-14-12-5-8-16(13(12)17)10-11-4-7-15(2)9-11/h11-12,14H,3-10H2,1-2H3. The summed E-state index contributed by atoms with van der Waals surface area (Å²) < 4.78 is 0. The summed E-state index contributed by atoms with van der Waals surface area (Å²) in [5, 5.41) is 3.34. The van der Waals surface area contributed by atoms with E-state index in [2.05, 4.69) is 29.1 Å². The molecule has 98 valence electrons. The second kappa shape index (κ2) is 5.83. The van der Waals surface area contributed by atoms with Gasteiger partial charge in [0, 0.05) is 19.6 Å². The second-order valence-corrected chi connectivity index (χ2v) is 5.50. The topological polar surface area (TPSA) is 35.6 Å². The first kappa shape index (κ1) is 12.8. The molecule has 0 radical (unpaired) electrons. The SMILES string of the molecule is CCCNC1CCN(CC2CCN(C)C2)C1=O. The average Bonchev–Trinajstić information content (AvgIpc) is 2.86. The maximum absolute atomic E-state index is 12.1. The summed E-state index contributed by atoms with van der Waals surface area (Å²) in [7, 11) is 2.16. The molecular formula is C13H25N3O. The van der Waals surface area contributed by atoms with Crippen LogP contribution in [-0.2, 0) is 4.79 Å². The molecule has 0 saturated carbocycles. The van der Waals surface area contributed by atoms with Crippen molar-refractivity contribution < 1.29 is 4.79 Å². The third kappa shape index (κ3) is 3.19. The summed E-state index contributed by atoms with van der Waals surface area (Å²) in [6.07, 6.45) is 3.33. The van der Waals surface area contributed by atoms with Crippen LogP contribution in [-0.4, -0.2) is 61.5 Å². The van der Waals surface area contributed by atoms with E-state index in [9.17, 15) is 4.79 Å². The van der Waals surface area contributed by atoms with Crippen molar-refractivity contribution in [1.82, 2.24) is 15.1 Å². The van der Waals surface area contributed by atoms with Crippen molar-refractivity contribution in [3.63, 3.8) is 0 Å². The van der Waals surface area contributed by atoms with Gasteiger partial charge in [-0.2, -0.15) is 0 Å². The Morgan fingerprint density at radius 1 is 1.35 bits per heavy atom. The summed E-state index contributed by atoms with van der Waals surface area (Å²) in [6.45, 7) is 7.34. The number of likely N-dealkylation sites (tertiary alicyclic amines) is 2. The summed E-state index contributed by atoms with van der Waals surface area (Å²) in [4.78, 5) is 16.6. The van der Waals surface area contributed by atoms with Gasteiger partial charge in [0.2, 0.25) is 5.91 Å². The molecule has 4 heteroatoms. The molecule has 0 aliphatic carbocycles. The fourth-order valence-corrected chi connectivity index (χ4v) is 2.92. The lowest BCUT2D eigenvalue weighted by molar-refractivity contribution is -0.129. The first-order valence-electron chi connectivity index (χ1n) is 6.91. The van der Waals surface area contributed by atoms with Crippen LogP contribution >= 0.6 is 0 Å². The summed E-state index contributed by atoms with van der Waals surface area (Å²) in [5.41, 5.74) is 0. The third-order valence-electron chi connectivity index (χ3n) is 3.91. The zero-order valence-electron chi connectivity index (χ0n) is 11.1. The Morgan fingerprint density at radius 2 is 2.18 bits per heavy atom. The molecule has 0 bridgehead atoms. The smallest absolute Gasteiger partial charge is 0.239 e. The van der Waals surface area contributed by atoms with Crippen LogP contribution in [0.4, 0.5) is 0 Å². The minimum Gasteiger partial charge on any atom is -0.341 e. The Balaban J connectivity index is 1.77. The summed E-state index contributed by atoms with van der Waals surface area (Å²) in [5.74, 6) is 1.02. The van der Waals surface area contributed by atoms with Crippen LogP contribution < -0.4 is 5.32 Å². The normalized spacial score (nSPS) is 30.5. The van der Waals surface area contributed by atoms with Gasteiger partial charge in [-0.1, -0.05) is 6.92 Å². The summed E-state index contributed by atoms with van der Waals surface area (Å²) in [6, 6.07) is 0.0917. The van der Waals surface area contributed by atoms with E-state index in [-0.39, 0.29) is 6.04 Å². The molecule has 0 aromatic rings. The molecule has 2 aliphatic rings. The zero-order chi connectivity index (χ0) is 12.3. The maximum atomic E-state index is 12.1. The molecule has 0 aromatic heterocycles.